The Bertz CT molecular complexity index is 258. The molecular formula is C11H20N2O3. The van der Waals surface area contributed by atoms with Gasteiger partial charge in [-0.1, -0.05) is 13.3 Å². The van der Waals surface area contributed by atoms with Gasteiger partial charge in [-0.15, -0.1) is 0 Å². The Kier molecular flexibility index (Phi) is 4.73. The van der Waals surface area contributed by atoms with Crippen molar-refractivity contribution < 1.29 is 14.7 Å². The second-order valence-corrected chi connectivity index (χ2v) is 4.48. The number of rotatable bonds is 6. The molecule has 5 nitrogen and oxygen atoms in total. The first kappa shape index (κ1) is 13.0. The molecule has 16 heavy (non-hydrogen) atoms. The van der Waals surface area contributed by atoms with E-state index in [1.807, 2.05) is 6.92 Å². The number of amides is 1. The number of hydrogen-bond donors (Lipinski definition) is 2. The molecule has 0 radical (unpaired) electrons. The third-order valence-electron chi connectivity index (χ3n) is 3.15. The molecule has 1 unspecified atom stereocenters. The second-order valence-electron chi connectivity index (χ2n) is 4.48. The summed E-state index contributed by atoms with van der Waals surface area (Å²) in [5.74, 6) is -0.283. The van der Waals surface area contributed by atoms with Crippen molar-refractivity contribution in [3.63, 3.8) is 0 Å². The number of nitrogens with zero attached hydrogens (tertiary/aromatic N) is 1. The minimum absolute atomic E-state index is 0.110. The largest absolute Gasteiger partial charge is 0.481 e. The molecular weight excluding hydrogens is 208 g/mol. The SMILES string of the molecule is CCC(CN)CC(=O)N1CC(CC(=O)O)C1. The van der Waals surface area contributed by atoms with Crippen LogP contribution in [-0.4, -0.2) is 41.5 Å². The zero-order valence-corrected chi connectivity index (χ0v) is 9.69. The van der Waals surface area contributed by atoms with Crippen LogP contribution in [0.5, 0.6) is 0 Å². The van der Waals surface area contributed by atoms with E-state index in [1.54, 1.807) is 4.90 Å². The first-order chi connectivity index (χ1) is 7.56. The molecule has 0 aromatic carbocycles. The highest BCUT2D eigenvalue weighted by Gasteiger charge is 2.32. The zero-order valence-electron chi connectivity index (χ0n) is 9.69. The Morgan fingerprint density at radius 2 is 2.12 bits per heavy atom. The Morgan fingerprint density at radius 1 is 1.50 bits per heavy atom. The van der Waals surface area contributed by atoms with Crippen molar-refractivity contribution >= 4 is 11.9 Å². The van der Waals surface area contributed by atoms with Gasteiger partial charge in [-0.3, -0.25) is 9.59 Å². The molecule has 0 spiro atoms. The van der Waals surface area contributed by atoms with Crippen molar-refractivity contribution in [1.29, 1.82) is 0 Å². The van der Waals surface area contributed by atoms with Gasteiger partial charge in [-0.2, -0.15) is 0 Å². The number of likely N-dealkylation sites (tertiary alicyclic amines) is 1. The minimum atomic E-state index is -0.787. The van der Waals surface area contributed by atoms with Gasteiger partial charge in [0.1, 0.15) is 0 Å². The van der Waals surface area contributed by atoms with E-state index in [-0.39, 0.29) is 24.2 Å². The lowest BCUT2D eigenvalue weighted by Crippen LogP contribution is -2.51. The fourth-order valence-electron chi connectivity index (χ4n) is 1.92. The van der Waals surface area contributed by atoms with Gasteiger partial charge in [0.15, 0.2) is 0 Å². The van der Waals surface area contributed by atoms with Crippen LogP contribution in [0.2, 0.25) is 0 Å². The summed E-state index contributed by atoms with van der Waals surface area (Å²) in [5.41, 5.74) is 5.54. The number of aliphatic carboxylic acids is 1. The summed E-state index contributed by atoms with van der Waals surface area (Å²) in [4.78, 5) is 23.9. The Hall–Kier alpha value is -1.10. The number of carboxylic acids is 1. The van der Waals surface area contributed by atoms with E-state index in [0.29, 0.717) is 26.1 Å². The molecule has 1 rings (SSSR count). The highest BCUT2D eigenvalue weighted by Crippen LogP contribution is 2.21. The first-order valence-corrected chi connectivity index (χ1v) is 5.76. The molecule has 0 bridgehead atoms. The van der Waals surface area contributed by atoms with Crippen LogP contribution >= 0.6 is 0 Å². The zero-order chi connectivity index (χ0) is 12.1. The van der Waals surface area contributed by atoms with E-state index in [4.69, 9.17) is 10.8 Å². The molecule has 0 saturated carbocycles. The van der Waals surface area contributed by atoms with E-state index < -0.39 is 5.97 Å². The standard InChI is InChI=1S/C11H20N2O3/c1-2-8(5-12)3-10(14)13-6-9(7-13)4-11(15)16/h8-9H,2-7,12H2,1H3,(H,15,16). The topological polar surface area (TPSA) is 83.6 Å². The monoisotopic (exact) mass is 228 g/mol. The van der Waals surface area contributed by atoms with Gasteiger partial charge in [0.2, 0.25) is 5.91 Å². The third kappa shape index (κ3) is 3.48. The van der Waals surface area contributed by atoms with Crippen molar-refractivity contribution in [3.8, 4) is 0 Å². The Balaban J connectivity index is 2.23. The van der Waals surface area contributed by atoms with E-state index in [2.05, 4.69) is 0 Å². The maximum atomic E-state index is 11.7. The quantitative estimate of drug-likeness (QED) is 0.684. The molecule has 0 aliphatic carbocycles. The van der Waals surface area contributed by atoms with Gasteiger partial charge >= 0.3 is 5.97 Å². The van der Waals surface area contributed by atoms with Crippen LogP contribution in [0.1, 0.15) is 26.2 Å². The van der Waals surface area contributed by atoms with Crippen LogP contribution in [0.3, 0.4) is 0 Å². The molecule has 0 aromatic heterocycles. The number of carbonyl (C=O) groups excluding carboxylic acids is 1. The predicted octanol–water partition coefficient (Wildman–Crippen LogP) is 0.295. The lowest BCUT2D eigenvalue weighted by Gasteiger charge is -2.39. The average molecular weight is 228 g/mol. The van der Waals surface area contributed by atoms with Crippen LogP contribution in [0.25, 0.3) is 0 Å². The van der Waals surface area contributed by atoms with Gasteiger partial charge in [0, 0.05) is 25.4 Å². The number of hydrogen-bond acceptors (Lipinski definition) is 3. The van der Waals surface area contributed by atoms with Crippen LogP contribution in [0.4, 0.5) is 0 Å². The number of nitrogens with two attached hydrogens (primary N) is 1. The predicted molar refractivity (Wildman–Crippen MR) is 59.8 cm³/mol. The normalized spacial score (nSPS) is 18.0. The number of carbonyl (C=O) groups is 2. The van der Waals surface area contributed by atoms with Gasteiger partial charge in [-0.25, -0.2) is 0 Å². The van der Waals surface area contributed by atoms with Crippen molar-refractivity contribution in [2.45, 2.75) is 26.2 Å². The van der Waals surface area contributed by atoms with Gasteiger partial charge < -0.3 is 15.7 Å². The summed E-state index contributed by atoms with van der Waals surface area (Å²) >= 11 is 0. The maximum Gasteiger partial charge on any atom is 0.303 e. The summed E-state index contributed by atoms with van der Waals surface area (Å²) in [6, 6.07) is 0. The fourth-order valence-corrected chi connectivity index (χ4v) is 1.92. The number of carboxylic acid groups (broad SMARTS) is 1. The molecule has 0 aromatic rings. The summed E-state index contributed by atoms with van der Waals surface area (Å²) in [7, 11) is 0. The van der Waals surface area contributed by atoms with E-state index in [1.165, 1.54) is 0 Å². The molecule has 3 N–H and O–H groups in total. The van der Waals surface area contributed by atoms with Crippen LogP contribution in [0.15, 0.2) is 0 Å². The summed E-state index contributed by atoms with van der Waals surface area (Å²) < 4.78 is 0. The Morgan fingerprint density at radius 3 is 2.56 bits per heavy atom. The molecule has 1 aliphatic rings. The van der Waals surface area contributed by atoms with Gasteiger partial charge in [0.25, 0.3) is 0 Å². The van der Waals surface area contributed by atoms with Crippen molar-refractivity contribution in [3.05, 3.63) is 0 Å². The molecule has 5 heteroatoms. The van der Waals surface area contributed by atoms with E-state index in [0.717, 1.165) is 6.42 Å². The van der Waals surface area contributed by atoms with Crippen LogP contribution < -0.4 is 5.73 Å². The van der Waals surface area contributed by atoms with E-state index >= 15 is 0 Å². The van der Waals surface area contributed by atoms with Gasteiger partial charge in [-0.05, 0) is 12.5 Å². The van der Waals surface area contributed by atoms with E-state index in [9.17, 15) is 9.59 Å². The van der Waals surface area contributed by atoms with Crippen LogP contribution in [0, 0.1) is 11.8 Å². The second kappa shape index (κ2) is 5.84. The summed E-state index contributed by atoms with van der Waals surface area (Å²) in [6.45, 7) is 3.74. The molecule has 1 heterocycles. The fraction of sp³-hybridized carbons (Fsp3) is 0.818. The molecule has 1 saturated heterocycles. The van der Waals surface area contributed by atoms with Crippen molar-refractivity contribution in [1.82, 2.24) is 4.90 Å². The van der Waals surface area contributed by atoms with Crippen molar-refractivity contribution in [2.24, 2.45) is 17.6 Å². The van der Waals surface area contributed by atoms with Gasteiger partial charge in [0.05, 0.1) is 6.42 Å². The Labute approximate surface area is 95.6 Å². The lowest BCUT2D eigenvalue weighted by molar-refractivity contribution is -0.145. The van der Waals surface area contributed by atoms with Crippen molar-refractivity contribution in [2.75, 3.05) is 19.6 Å². The molecule has 1 amide bonds. The summed E-state index contributed by atoms with van der Waals surface area (Å²) in [6.07, 6.45) is 1.57. The highest BCUT2D eigenvalue weighted by molar-refractivity contribution is 5.77. The summed E-state index contributed by atoms with van der Waals surface area (Å²) in [5, 5.41) is 8.58. The third-order valence-corrected chi connectivity index (χ3v) is 3.15. The smallest absolute Gasteiger partial charge is 0.303 e. The lowest BCUT2D eigenvalue weighted by atomic mass is 9.94. The molecule has 1 fully saturated rings. The molecule has 1 aliphatic heterocycles. The first-order valence-electron chi connectivity index (χ1n) is 5.76. The maximum absolute atomic E-state index is 11.7. The molecule has 92 valence electrons. The average Bonchev–Trinajstić information content (AvgIpc) is 2.18. The highest BCUT2D eigenvalue weighted by atomic mass is 16.4. The van der Waals surface area contributed by atoms with Crippen LogP contribution in [-0.2, 0) is 9.59 Å². The molecule has 1 atom stereocenters. The minimum Gasteiger partial charge on any atom is -0.481 e.